The van der Waals surface area contributed by atoms with E-state index in [0.717, 1.165) is 31.2 Å². The van der Waals surface area contributed by atoms with Crippen LogP contribution in [0, 0.1) is 0 Å². The molecule has 0 bridgehead atoms. The van der Waals surface area contributed by atoms with Crippen molar-refractivity contribution < 1.29 is 14.3 Å². The Morgan fingerprint density at radius 2 is 1.85 bits per heavy atom. The molecule has 4 rings (SSSR count). The summed E-state index contributed by atoms with van der Waals surface area (Å²) < 4.78 is 13.2. The van der Waals surface area contributed by atoms with Crippen molar-refractivity contribution in [3.05, 3.63) is 67.1 Å². The summed E-state index contributed by atoms with van der Waals surface area (Å²) in [7, 11) is 1.32. The van der Waals surface area contributed by atoms with Crippen LogP contribution in [0.1, 0.15) is 56.3 Å². The van der Waals surface area contributed by atoms with Crippen molar-refractivity contribution in [3.63, 3.8) is 0 Å². The molecule has 2 aromatic carbocycles. The summed E-state index contributed by atoms with van der Waals surface area (Å²) in [4.78, 5) is 29.9. The van der Waals surface area contributed by atoms with Crippen LogP contribution < -0.4 is 10.3 Å². The highest BCUT2D eigenvalue weighted by Crippen LogP contribution is 2.35. The third kappa shape index (κ3) is 5.25. The number of aromatic nitrogens is 2. The molecule has 0 unspecified atom stereocenters. The van der Waals surface area contributed by atoms with Gasteiger partial charge in [-0.3, -0.25) is 4.79 Å². The number of ether oxygens (including phenoxy) is 2. The van der Waals surface area contributed by atoms with Crippen molar-refractivity contribution in [2.24, 2.45) is 5.10 Å². The maximum absolute atomic E-state index is 13.3. The molecule has 1 aliphatic carbocycles. The van der Waals surface area contributed by atoms with Gasteiger partial charge >= 0.3 is 5.97 Å². The Morgan fingerprint density at radius 3 is 2.53 bits per heavy atom. The van der Waals surface area contributed by atoms with E-state index in [4.69, 9.17) is 14.5 Å². The second kappa shape index (κ2) is 10.8. The number of methoxy groups -OCH3 is 1. The standard InChI is InChI=1S/C25H25Br2N3O4/c1-15(25(32)33-2)34-22-19(26)12-16(13-20(22)27)14-28-30-23(17-8-4-3-5-9-17)29-21-11-7-6-10-18(21)24(30)31/h6-7,10-15,17H,3-5,8-9H2,1-2H3/t15-/m0/s1. The van der Waals surface area contributed by atoms with Gasteiger partial charge in [-0.1, -0.05) is 31.4 Å². The quantitative estimate of drug-likeness (QED) is 0.268. The molecular weight excluding hydrogens is 566 g/mol. The number of carbonyl (C=O) groups excluding carboxylic acids is 1. The predicted octanol–water partition coefficient (Wildman–Crippen LogP) is 5.79. The minimum atomic E-state index is -0.766. The zero-order valence-electron chi connectivity index (χ0n) is 19.0. The number of fused-ring (bicyclic) bond motifs is 1. The first kappa shape index (κ1) is 24.6. The molecule has 0 amide bonds. The monoisotopic (exact) mass is 589 g/mol. The minimum Gasteiger partial charge on any atom is -0.477 e. The Morgan fingerprint density at radius 1 is 1.18 bits per heavy atom. The second-order valence-electron chi connectivity index (χ2n) is 8.28. The number of hydrogen-bond donors (Lipinski definition) is 0. The molecular formula is C25H25Br2N3O4. The van der Waals surface area contributed by atoms with Gasteiger partial charge in [-0.05, 0) is 81.5 Å². The van der Waals surface area contributed by atoms with E-state index in [1.54, 1.807) is 19.2 Å². The number of nitrogens with zero attached hydrogens (tertiary/aromatic N) is 3. The van der Waals surface area contributed by atoms with Gasteiger partial charge in [0, 0.05) is 5.92 Å². The SMILES string of the molecule is COC(=O)[C@H](C)Oc1c(Br)cc(C=Nn2c(C3CCCCC3)nc3ccccc3c2=O)cc1Br. The summed E-state index contributed by atoms with van der Waals surface area (Å²) in [6.07, 6.45) is 6.34. The van der Waals surface area contributed by atoms with E-state index in [0.29, 0.717) is 31.4 Å². The number of hydrogen-bond acceptors (Lipinski definition) is 6. The summed E-state index contributed by atoms with van der Waals surface area (Å²) in [5.41, 5.74) is 1.27. The summed E-state index contributed by atoms with van der Waals surface area (Å²) in [5.74, 6) is 0.923. The average molecular weight is 591 g/mol. The van der Waals surface area contributed by atoms with Crippen molar-refractivity contribution >= 4 is 54.9 Å². The van der Waals surface area contributed by atoms with E-state index in [2.05, 4.69) is 37.0 Å². The number of carbonyl (C=O) groups is 1. The van der Waals surface area contributed by atoms with Gasteiger partial charge < -0.3 is 9.47 Å². The molecule has 3 aromatic rings. The Balaban J connectivity index is 1.71. The van der Waals surface area contributed by atoms with Gasteiger partial charge in [0.25, 0.3) is 5.56 Å². The fourth-order valence-corrected chi connectivity index (χ4v) is 5.57. The van der Waals surface area contributed by atoms with Crippen LogP contribution in [0.2, 0.25) is 0 Å². The molecule has 1 fully saturated rings. The van der Waals surface area contributed by atoms with E-state index >= 15 is 0 Å². The number of para-hydroxylation sites is 1. The highest BCUT2D eigenvalue weighted by atomic mass is 79.9. The zero-order chi connectivity index (χ0) is 24.2. The van der Waals surface area contributed by atoms with Crippen LogP contribution >= 0.6 is 31.9 Å². The smallest absolute Gasteiger partial charge is 0.346 e. The van der Waals surface area contributed by atoms with Crippen LogP contribution in [0.3, 0.4) is 0 Å². The van der Waals surface area contributed by atoms with Crippen molar-refractivity contribution in [1.82, 2.24) is 9.66 Å². The summed E-state index contributed by atoms with van der Waals surface area (Å²) in [5, 5.41) is 5.12. The van der Waals surface area contributed by atoms with Gasteiger partial charge in [0.15, 0.2) is 6.10 Å². The summed E-state index contributed by atoms with van der Waals surface area (Å²) in [6, 6.07) is 11.0. The van der Waals surface area contributed by atoms with Crippen molar-refractivity contribution in [1.29, 1.82) is 0 Å². The minimum absolute atomic E-state index is 0.174. The van der Waals surface area contributed by atoms with Gasteiger partial charge in [0.1, 0.15) is 11.6 Å². The lowest BCUT2D eigenvalue weighted by Crippen LogP contribution is -2.25. The van der Waals surface area contributed by atoms with Crippen molar-refractivity contribution in [2.45, 2.75) is 51.0 Å². The molecule has 0 radical (unpaired) electrons. The normalized spacial score (nSPS) is 15.5. The number of rotatable bonds is 6. The fraction of sp³-hybridized carbons (Fsp3) is 0.360. The van der Waals surface area contributed by atoms with E-state index in [9.17, 15) is 9.59 Å². The Bertz CT molecular complexity index is 1280. The Kier molecular flexibility index (Phi) is 7.83. The van der Waals surface area contributed by atoms with Crippen LogP contribution in [0.4, 0.5) is 0 Å². The molecule has 0 spiro atoms. The largest absolute Gasteiger partial charge is 0.477 e. The van der Waals surface area contributed by atoms with Gasteiger partial charge in [0.2, 0.25) is 0 Å². The highest BCUT2D eigenvalue weighted by Gasteiger charge is 2.23. The third-order valence-corrected chi connectivity index (χ3v) is 7.10. The third-order valence-electron chi connectivity index (χ3n) is 5.92. The Labute approximate surface area is 214 Å². The lowest BCUT2D eigenvalue weighted by atomic mass is 9.88. The molecule has 0 aliphatic heterocycles. The van der Waals surface area contributed by atoms with Crippen molar-refractivity contribution in [2.75, 3.05) is 7.11 Å². The van der Waals surface area contributed by atoms with Gasteiger partial charge in [-0.25, -0.2) is 9.78 Å². The highest BCUT2D eigenvalue weighted by molar-refractivity contribution is 9.11. The van der Waals surface area contributed by atoms with Crippen LogP contribution in [-0.2, 0) is 9.53 Å². The predicted molar refractivity (Wildman–Crippen MR) is 139 cm³/mol. The molecule has 1 heterocycles. The first-order valence-electron chi connectivity index (χ1n) is 11.2. The maximum Gasteiger partial charge on any atom is 0.346 e. The fourth-order valence-electron chi connectivity index (χ4n) is 4.16. The van der Waals surface area contributed by atoms with E-state index < -0.39 is 12.1 Å². The summed E-state index contributed by atoms with van der Waals surface area (Å²) >= 11 is 7.00. The van der Waals surface area contributed by atoms with Crippen LogP contribution in [0.25, 0.3) is 10.9 Å². The van der Waals surface area contributed by atoms with E-state index in [1.807, 2.05) is 30.3 Å². The molecule has 1 atom stereocenters. The van der Waals surface area contributed by atoms with Crippen LogP contribution in [-0.4, -0.2) is 35.1 Å². The van der Waals surface area contributed by atoms with E-state index in [1.165, 1.54) is 18.2 Å². The van der Waals surface area contributed by atoms with Gasteiger partial charge in [-0.2, -0.15) is 9.78 Å². The maximum atomic E-state index is 13.3. The Hall–Kier alpha value is -2.52. The molecule has 0 saturated heterocycles. The topological polar surface area (TPSA) is 82.8 Å². The molecule has 7 nitrogen and oxygen atoms in total. The van der Waals surface area contributed by atoms with Gasteiger partial charge in [-0.15, -0.1) is 0 Å². The van der Waals surface area contributed by atoms with Crippen LogP contribution in [0.15, 0.2) is 55.2 Å². The van der Waals surface area contributed by atoms with Crippen LogP contribution in [0.5, 0.6) is 5.75 Å². The molecule has 34 heavy (non-hydrogen) atoms. The van der Waals surface area contributed by atoms with Crippen molar-refractivity contribution in [3.8, 4) is 5.75 Å². The van der Waals surface area contributed by atoms with E-state index in [-0.39, 0.29) is 11.5 Å². The first-order chi connectivity index (χ1) is 16.4. The number of esters is 1. The number of benzene rings is 2. The molecule has 9 heteroatoms. The number of halogens is 2. The zero-order valence-corrected chi connectivity index (χ0v) is 22.1. The molecule has 1 aliphatic rings. The lowest BCUT2D eigenvalue weighted by molar-refractivity contribution is -0.147. The molecule has 1 aromatic heterocycles. The molecule has 1 saturated carbocycles. The first-order valence-corrected chi connectivity index (χ1v) is 12.8. The molecule has 0 N–H and O–H groups in total. The molecule has 178 valence electrons. The summed E-state index contributed by atoms with van der Waals surface area (Å²) in [6.45, 7) is 1.62. The average Bonchev–Trinajstić information content (AvgIpc) is 2.85. The van der Waals surface area contributed by atoms with Gasteiger partial charge in [0.05, 0.1) is 33.2 Å². The second-order valence-corrected chi connectivity index (χ2v) is 9.99. The lowest BCUT2D eigenvalue weighted by Gasteiger charge is -2.22.